The summed E-state index contributed by atoms with van der Waals surface area (Å²) in [6, 6.07) is 6.67. The summed E-state index contributed by atoms with van der Waals surface area (Å²) in [6.45, 7) is 1.97. The predicted octanol–water partition coefficient (Wildman–Crippen LogP) is 1.38. The van der Waals surface area contributed by atoms with Gasteiger partial charge in [-0.25, -0.2) is 4.79 Å². The van der Waals surface area contributed by atoms with Crippen LogP contribution in [0.1, 0.15) is 6.92 Å². The molecule has 7 nitrogen and oxygen atoms in total. The molecular formula is C11H15N3O4. The SMILES string of the molecule is CCOC(=O)Nc1cccc(OC/C(N)=N/O)c1. The summed E-state index contributed by atoms with van der Waals surface area (Å²) in [5.41, 5.74) is 5.80. The van der Waals surface area contributed by atoms with Crippen molar-refractivity contribution in [2.45, 2.75) is 6.92 Å². The van der Waals surface area contributed by atoms with Gasteiger partial charge in [-0.1, -0.05) is 11.2 Å². The number of rotatable bonds is 5. The Labute approximate surface area is 104 Å². The van der Waals surface area contributed by atoms with E-state index in [1.165, 1.54) is 0 Å². The molecule has 1 aromatic rings. The number of amides is 1. The quantitative estimate of drug-likeness (QED) is 0.318. The summed E-state index contributed by atoms with van der Waals surface area (Å²) in [4.78, 5) is 11.2. The second-order valence-electron chi connectivity index (χ2n) is 3.25. The molecule has 0 fully saturated rings. The van der Waals surface area contributed by atoms with Gasteiger partial charge >= 0.3 is 6.09 Å². The van der Waals surface area contributed by atoms with Crippen molar-refractivity contribution in [2.75, 3.05) is 18.5 Å². The highest BCUT2D eigenvalue weighted by molar-refractivity contribution is 5.85. The Morgan fingerprint density at radius 1 is 1.56 bits per heavy atom. The topological polar surface area (TPSA) is 106 Å². The van der Waals surface area contributed by atoms with Crippen LogP contribution in [-0.4, -0.2) is 30.3 Å². The fraction of sp³-hybridized carbons (Fsp3) is 0.273. The first-order valence-corrected chi connectivity index (χ1v) is 5.28. The van der Waals surface area contributed by atoms with Crippen LogP contribution in [0.3, 0.4) is 0 Å². The lowest BCUT2D eigenvalue weighted by molar-refractivity contribution is 0.168. The summed E-state index contributed by atoms with van der Waals surface area (Å²) >= 11 is 0. The molecule has 0 aliphatic heterocycles. The molecule has 0 atom stereocenters. The number of oxime groups is 1. The summed E-state index contributed by atoms with van der Waals surface area (Å²) < 4.78 is 9.97. The van der Waals surface area contributed by atoms with Crippen LogP contribution in [0.25, 0.3) is 0 Å². The fourth-order valence-corrected chi connectivity index (χ4v) is 1.13. The third-order valence-corrected chi connectivity index (χ3v) is 1.87. The number of nitrogens with zero attached hydrogens (tertiary/aromatic N) is 1. The van der Waals surface area contributed by atoms with Crippen LogP contribution in [0.5, 0.6) is 5.75 Å². The zero-order valence-corrected chi connectivity index (χ0v) is 9.92. The van der Waals surface area contributed by atoms with E-state index in [2.05, 4.69) is 10.5 Å². The minimum atomic E-state index is -0.536. The Kier molecular flexibility index (Phi) is 5.30. The summed E-state index contributed by atoms with van der Waals surface area (Å²) in [5.74, 6) is 0.439. The fourth-order valence-electron chi connectivity index (χ4n) is 1.13. The molecule has 0 aromatic heterocycles. The van der Waals surface area contributed by atoms with E-state index in [0.29, 0.717) is 18.0 Å². The van der Waals surface area contributed by atoms with Crippen LogP contribution in [0.2, 0.25) is 0 Å². The van der Waals surface area contributed by atoms with E-state index >= 15 is 0 Å². The Morgan fingerprint density at radius 3 is 3.00 bits per heavy atom. The first-order valence-electron chi connectivity index (χ1n) is 5.28. The number of amidine groups is 1. The van der Waals surface area contributed by atoms with Gasteiger partial charge in [0.05, 0.1) is 6.61 Å². The molecule has 98 valence electrons. The van der Waals surface area contributed by atoms with E-state index in [9.17, 15) is 4.79 Å². The van der Waals surface area contributed by atoms with E-state index < -0.39 is 6.09 Å². The molecule has 0 aliphatic carbocycles. The summed E-state index contributed by atoms with van der Waals surface area (Å²) in [5, 5.41) is 13.7. The van der Waals surface area contributed by atoms with Gasteiger partial charge in [-0.05, 0) is 19.1 Å². The van der Waals surface area contributed by atoms with Crippen LogP contribution >= 0.6 is 0 Å². The monoisotopic (exact) mass is 253 g/mol. The minimum absolute atomic E-state index is 0.0423. The summed E-state index contributed by atoms with van der Waals surface area (Å²) in [6.07, 6.45) is -0.536. The van der Waals surface area contributed by atoms with Gasteiger partial charge < -0.3 is 20.4 Å². The first-order chi connectivity index (χ1) is 8.65. The number of nitrogens with one attached hydrogen (secondary N) is 1. The smallest absolute Gasteiger partial charge is 0.411 e. The van der Waals surface area contributed by atoms with E-state index in [-0.39, 0.29) is 12.4 Å². The lowest BCUT2D eigenvalue weighted by Gasteiger charge is -2.08. The Bertz CT molecular complexity index is 434. The number of anilines is 1. The van der Waals surface area contributed by atoms with Gasteiger partial charge in [-0.2, -0.15) is 0 Å². The normalized spacial score (nSPS) is 10.8. The molecule has 1 amide bonds. The molecule has 4 N–H and O–H groups in total. The average molecular weight is 253 g/mol. The number of carbonyl (C=O) groups is 1. The zero-order chi connectivity index (χ0) is 13.4. The standard InChI is InChI=1S/C11H15N3O4/c1-2-17-11(15)13-8-4-3-5-9(6-8)18-7-10(12)14-16/h3-6,16H,2,7H2,1H3,(H2,12,14)(H,13,15). The molecule has 0 spiro atoms. The third kappa shape index (κ3) is 4.60. The second kappa shape index (κ2) is 7.00. The molecule has 18 heavy (non-hydrogen) atoms. The van der Waals surface area contributed by atoms with Crippen molar-refractivity contribution < 1.29 is 19.5 Å². The number of benzene rings is 1. The maximum atomic E-state index is 11.2. The number of hydrogen-bond acceptors (Lipinski definition) is 5. The van der Waals surface area contributed by atoms with Gasteiger partial charge in [-0.3, -0.25) is 5.32 Å². The molecule has 0 saturated heterocycles. The van der Waals surface area contributed by atoms with Crippen molar-refractivity contribution in [3.63, 3.8) is 0 Å². The van der Waals surface area contributed by atoms with Crippen molar-refractivity contribution >= 4 is 17.6 Å². The van der Waals surface area contributed by atoms with Gasteiger partial charge in [-0.15, -0.1) is 0 Å². The zero-order valence-electron chi connectivity index (χ0n) is 9.92. The largest absolute Gasteiger partial charge is 0.485 e. The molecule has 0 unspecified atom stereocenters. The minimum Gasteiger partial charge on any atom is -0.485 e. The van der Waals surface area contributed by atoms with Gasteiger partial charge in [0.15, 0.2) is 5.84 Å². The van der Waals surface area contributed by atoms with Gasteiger partial charge in [0, 0.05) is 11.8 Å². The summed E-state index contributed by atoms with van der Waals surface area (Å²) in [7, 11) is 0. The van der Waals surface area contributed by atoms with Crippen LogP contribution < -0.4 is 15.8 Å². The van der Waals surface area contributed by atoms with Crippen molar-refractivity contribution in [3.8, 4) is 5.75 Å². The number of ether oxygens (including phenoxy) is 2. The van der Waals surface area contributed by atoms with Crippen LogP contribution in [0.15, 0.2) is 29.4 Å². The maximum Gasteiger partial charge on any atom is 0.411 e. The molecule has 7 heteroatoms. The van der Waals surface area contributed by atoms with E-state index in [1.807, 2.05) is 0 Å². The predicted molar refractivity (Wildman–Crippen MR) is 66.0 cm³/mol. The molecule has 1 aromatic carbocycles. The molecule has 0 aliphatic rings. The molecule has 1 rings (SSSR count). The lowest BCUT2D eigenvalue weighted by Crippen LogP contribution is -2.20. The van der Waals surface area contributed by atoms with Crippen LogP contribution in [0, 0.1) is 0 Å². The average Bonchev–Trinajstić information content (AvgIpc) is 2.36. The highest BCUT2D eigenvalue weighted by Gasteiger charge is 2.03. The molecule has 0 radical (unpaired) electrons. The van der Waals surface area contributed by atoms with Gasteiger partial charge in [0.1, 0.15) is 12.4 Å². The van der Waals surface area contributed by atoms with Crippen LogP contribution in [0.4, 0.5) is 10.5 Å². The Morgan fingerprint density at radius 2 is 2.33 bits per heavy atom. The third-order valence-electron chi connectivity index (χ3n) is 1.87. The van der Waals surface area contributed by atoms with Crippen LogP contribution in [-0.2, 0) is 4.74 Å². The van der Waals surface area contributed by atoms with Gasteiger partial charge in [0.25, 0.3) is 0 Å². The molecule has 0 heterocycles. The molecule has 0 bridgehead atoms. The van der Waals surface area contributed by atoms with Crippen molar-refractivity contribution in [3.05, 3.63) is 24.3 Å². The lowest BCUT2D eigenvalue weighted by atomic mass is 10.3. The van der Waals surface area contributed by atoms with E-state index in [0.717, 1.165) is 0 Å². The Balaban J connectivity index is 2.59. The maximum absolute atomic E-state index is 11.2. The molecular weight excluding hydrogens is 238 g/mol. The first kappa shape index (κ1) is 13.6. The van der Waals surface area contributed by atoms with E-state index in [4.69, 9.17) is 20.4 Å². The van der Waals surface area contributed by atoms with Crippen molar-refractivity contribution in [2.24, 2.45) is 10.9 Å². The Hall–Kier alpha value is -2.44. The van der Waals surface area contributed by atoms with E-state index in [1.54, 1.807) is 31.2 Å². The second-order valence-corrected chi connectivity index (χ2v) is 3.25. The van der Waals surface area contributed by atoms with Crippen molar-refractivity contribution in [1.82, 2.24) is 0 Å². The molecule has 0 saturated carbocycles. The number of hydrogen-bond donors (Lipinski definition) is 3. The highest BCUT2D eigenvalue weighted by Crippen LogP contribution is 2.17. The number of carbonyl (C=O) groups excluding carboxylic acids is 1. The van der Waals surface area contributed by atoms with Crippen molar-refractivity contribution in [1.29, 1.82) is 0 Å². The number of nitrogens with two attached hydrogens (primary N) is 1. The highest BCUT2D eigenvalue weighted by atomic mass is 16.5. The van der Waals surface area contributed by atoms with Gasteiger partial charge in [0.2, 0.25) is 0 Å².